The number of nitrogens with one attached hydrogen (secondary N) is 1. The molecule has 4 rings (SSSR count). The topological polar surface area (TPSA) is 82.1 Å². The number of carbonyl (C=O) groups is 2. The minimum atomic E-state index is -0.878. The number of ether oxygens (including phenoxy) is 1. The number of halogens is 1. The highest BCUT2D eigenvalue weighted by atomic mass is 19.1. The van der Waals surface area contributed by atoms with Gasteiger partial charge in [-0.3, -0.25) is 14.5 Å². The van der Waals surface area contributed by atoms with Crippen LogP contribution in [0.25, 0.3) is 0 Å². The summed E-state index contributed by atoms with van der Waals surface area (Å²) in [4.78, 5) is 28.6. The smallest absolute Gasteiger partial charge is 0.223 e. The molecule has 1 aliphatic carbocycles. The molecule has 1 heterocycles. The molecule has 2 amide bonds. The maximum absolute atomic E-state index is 13.7. The zero-order valence-corrected chi connectivity index (χ0v) is 20.3. The van der Waals surface area contributed by atoms with E-state index in [-0.39, 0.29) is 29.8 Å². The molecule has 1 aliphatic heterocycles. The van der Waals surface area contributed by atoms with E-state index < -0.39 is 18.0 Å². The molecule has 188 valence electrons. The van der Waals surface area contributed by atoms with Gasteiger partial charge in [0.15, 0.2) is 0 Å². The maximum atomic E-state index is 13.7. The van der Waals surface area contributed by atoms with Crippen LogP contribution in [-0.4, -0.2) is 71.1 Å². The average molecular weight is 484 g/mol. The average Bonchev–Trinajstić information content (AvgIpc) is 3.14. The first-order valence-corrected chi connectivity index (χ1v) is 12.2. The molecule has 2 aliphatic rings. The zero-order valence-electron chi connectivity index (χ0n) is 20.3. The predicted molar refractivity (Wildman–Crippen MR) is 130 cm³/mol. The van der Waals surface area contributed by atoms with Gasteiger partial charge in [0.25, 0.3) is 0 Å². The molecule has 1 saturated heterocycles. The minimum absolute atomic E-state index is 0.0303. The van der Waals surface area contributed by atoms with E-state index in [2.05, 4.69) is 5.32 Å². The van der Waals surface area contributed by atoms with Crippen LogP contribution in [0, 0.1) is 11.7 Å². The van der Waals surface area contributed by atoms with Crippen molar-refractivity contribution in [3.05, 3.63) is 66.0 Å². The third-order valence-corrected chi connectivity index (χ3v) is 7.14. The van der Waals surface area contributed by atoms with E-state index in [0.717, 1.165) is 5.56 Å². The second-order valence-electron chi connectivity index (χ2n) is 9.63. The molecule has 8 heteroatoms. The zero-order chi connectivity index (χ0) is 24.9. The molecule has 2 fully saturated rings. The third-order valence-electron chi connectivity index (χ3n) is 7.14. The van der Waals surface area contributed by atoms with Crippen LogP contribution in [0.5, 0.6) is 5.75 Å². The molecular formula is C27H34FN3O4. The van der Waals surface area contributed by atoms with Crippen molar-refractivity contribution in [2.75, 3.05) is 20.1 Å². The van der Waals surface area contributed by atoms with E-state index in [1.165, 1.54) is 12.1 Å². The summed E-state index contributed by atoms with van der Waals surface area (Å²) in [6.07, 6.45) is 0.171. The first-order chi connectivity index (χ1) is 16.8. The number of benzene rings is 2. The lowest BCUT2D eigenvalue weighted by atomic mass is 9.95. The van der Waals surface area contributed by atoms with Crippen molar-refractivity contribution in [2.24, 2.45) is 5.92 Å². The number of amides is 2. The van der Waals surface area contributed by atoms with Crippen LogP contribution in [0.3, 0.4) is 0 Å². The number of hydrogen-bond acceptors (Lipinski definition) is 5. The van der Waals surface area contributed by atoms with Gasteiger partial charge >= 0.3 is 0 Å². The molecule has 35 heavy (non-hydrogen) atoms. The highest BCUT2D eigenvalue weighted by Crippen LogP contribution is 2.30. The van der Waals surface area contributed by atoms with Crippen molar-refractivity contribution in [3.8, 4) is 5.75 Å². The van der Waals surface area contributed by atoms with Crippen LogP contribution >= 0.6 is 0 Å². The summed E-state index contributed by atoms with van der Waals surface area (Å²) in [6.45, 7) is 3.29. The molecule has 7 nitrogen and oxygen atoms in total. The van der Waals surface area contributed by atoms with Crippen molar-refractivity contribution in [2.45, 2.75) is 57.0 Å². The van der Waals surface area contributed by atoms with Gasteiger partial charge in [-0.2, -0.15) is 0 Å². The van der Waals surface area contributed by atoms with Gasteiger partial charge in [-0.05, 0) is 37.6 Å². The van der Waals surface area contributed by atoms with Crippen LogP contribution in [0.1, 0.15) is 31.7 Å². The number of rotatable bonds is 7. The van der Waals surface area contributed by atoms with E-state index in [9.17, 15) is 19.1 Å². The van der Waals surface area contributed by atoms with Crippen LogP contribution in [0.4, 0.5) is 4.39 Å². The number of hydrogen-bond donors (Lipinski definition) is 2. The van der Waals surface area contributed by atoms with Gasteiger partial charge in [0, 0.05) is 45.0 Å². The molecule has 0 spiro atoms. The second-order valence-corrected chi connectivity index (χ2v) is 9.63. The van der Waals surface area contributed by atoms with Gasteiger partial charge in [0.1, 0.15) is 23.8 Å². The number of aliphatic hydroxyl groups excluding tert-OH is 1. The Hall–Kier alpha value is -2.97. The van der Waals surface area contributed by atoms with Crippen LogP contribution in [0.2, 0.25) is 0 Å². The first kappa shape index (κ1) is 25.1. The van der Waals surface area contributed by atoms with Crippen LogP contribution < -0.4 is 10.1 Å². The molecule has 0 bridgehead atoms. The normalized spacial score (nSPS) is 25.0. The summed E-state index contributed by atoms with van der Waals surface area (Å²) in [5.74, 6) is -0.264. The third kappa shape index (κ3) is 6.18. The van der Waals surface area contributed by atoms with Gasteiger partial charge in [0.05, 0.1) is 12.1 Å². The highest BCUT2D eigenvalue weighted by molar-refractivity contribution is 5.80. The van der Waals surface area contributed by atoms with Crippen molar-refractivity contribution in [3.63, 3.8) is 0 Å². The van der Waals surface area contributed by atoms with Crippen LogP contribution in [0.15, 0.2) is 54.6 Å². The molecule has 2 aromatic rings. The van der Waals surface area contributed by atoms with Crippen molar-refractivity contribution >= 4 is 11.8 Å². The van der Waals surface area contributed by atoms with E-state index in [4.69, 9.17) is 4.74 Å². The first-order valence-electron chi connectivity index (χ1n) is 12.2. The predicted octanol–water partition coefficient (Wildman–Crippen LogP) is 2.58. The second kappa shape index (κ2) is 11.2. The summed E-state index contributed by atoms with van der Waals surface area (Å²) in [5, 5.41) is 14.4. The Labute approximate surface area is 205 Å². The number of nitrogens with zero attached hydrogens (tertiary/aromatic N) is 2. The molecule has 4 atom stereocenters. The summed E-state index contributed by atoms with van der Waals surface area (Å²) >= 11 is 0. The SMILES string of the molecule is CC(=O)N1CCC(C(=O)N[C@@H]2C[C@@H](Oc3cccc(F)c3)[C@H](O)[C@H]2N(C)Cc2ccccc2)CC1. The van der Waals surface area contributed by atoms with Crippen molar-refractivity contribution in [1.82, 2.24) is 15.1 Å². The van der Waals surface area contributed by atoms with Gasteiger partial charge < -0.3 is 20.1 Å². The Morgan fingerprint density at radius 2 is 1.86 bits per heavy atom. The summed E-state index contributed by atoms with van der Waals surface area (Å²) in [7, 11) is 1.93. The molecule has 0 radical (unpaired) electrons. The fourth-order valence-corrected chi connectivity index (χ4v) is 5.27. The number of aliphatic hydroxyl groups is 1. The van der Waals surface area contributed by atoms with Crippen LogP contribution in [-0.2, 0) is 16.1 Å². The quantitative estimate of drug-likeness (QED) is 0.633. The fourth-order valence-electron chi connectivity index (χ4n) is 5.27. The highest BCUT2D eigenvalue weighted by Gasteiger charge is 2.47. The van der Waals surface area contributed by atoms with E-state index in [1.54, 1.807) is 24.0 Å². The van der Waals surface area contributed by atoms with E-state index in [1.807, 2.05) is 42.3 Å². The monoisotopic (exact) mass is 483 g/mol. The lowest BCUT2D eigenvalue weighted by Gasteiger charge is -2.34. The number of piperidine rings is 1. The molecule has 0 unspecified atom stereocenters. The lowest BCUT2D eigenvalue weighted by molar-refractivity contribution is -0.134. The molecule has 2 aromatic carbocycles. The Morgan fingerprint density at radius 3 is 2.51 bits per heavy atom. The van der Waals surface area contributed by atoms with Gasteiger partial charge in [-0.1, -0.05) is 36.4 Å². The van der Waals surface area contributed by atoms with Gasteiger partial charge in [0.2, 0.25) is 11.8 Å². The fraction of sp³-hybridized carbons (Fsp3) is 0.481. The van der Waals surface area contributed by atoms with Gasteiger partial charge in [-0.15, -0.1) is 0 Å². The lowest BCUT2D eigenvalue weighted by Crippen LogP contribution is -2.53. The number of likely N-dealkylation sites (tertiary alicyclic amines) is 1. The Bertz CT molecular complexity index is 1010. The molecule has 2 N–H and O–H groups in total. The van der Waals surface area contributed by atoms with Crippen molar-refractivity contribution < 1.29 is 23.8 Å². The van der Waals surface area contributed by atoms with E-state index in [0.29, 0.717) is 44.6 Å². The standard InChI is InChI=1S/C27H34FN3O4/c1-18(32)31-13-11-20(12-14-31)27(34)29-23-16-24(35-22-10-6-9-21(28)15-22)26(33)25(23)30(2)17-19-7-4-3-5-8-19/h3-10,15,20,23-26,33H,11-14,16-17H2,1-2H3,(H,29,34)/t23-,24-,25+,26+/m1/s1. The largest absolute Gasteiger partial charge is 0.487 e. The van der Waals surface area contributed by atoms with E-state index >= 15 is 0 Å². The van der Waals surface area contributed by atoms with Gasteiger partial charge in [-0.25, -0.2) is 4.39 Å². The maximum Gasteiger partial charge on any atom is 0.223 e. The minimum Gasteiger partial charge on any atom is -0.487 e. The Balaban J connectivity index is 1.47. The Kier molecular flexibility index (Phi) is 8.03. The summed E-state index contributed by atoms with van der Waals surface area (Å²) < 4.78 is 19.7. The number of likely N-dealkylation sites (N-methyl/N-ethyl adjacent to an activating group) is 1. The van der Waals surface area contributed by atoms with Crippen molar-refractivity contribution in [1.29, 1.82) is 0 Å². The molecule has 1 saturated carbocycles. The Morgan fingerprint density at radius 1 is 1.14 bits per heavy atom. The molecule has 0 aromatic heterocycles. The molecular weight excluding hydrogens is 449 g/mol. The summed E-state index contributed by atoms with van der Waals surface area (Å²) in [6, 6.07) is 15.1. The summed E-state index contributed by atoms with van der Waals surface area (Å²) in [5.41, 5.74) is 1.10. The number of carbonyl (C=O) groups excluding carboxylic acids is 2.